The monoisotopic (exact) mass is 318 g/mol. The zero-order valence-electron chi connectivity index (χ0n) is 14.0. The summed E-state index contributed by atoms with van der Waals surface area (Å²) in [5.74, 6) is 0. The van der Waals surface area contributed by atoms with Crippen LogP contribution in [-0.2, 0) is 15.9 Å². The van der Waals surface area contributed by atoms with Crippen molar-refractivity contribution in [1.29, 1.82) is 0 Å². The third-order valence-corrected chi connectivity index (χ3v) is 4.81. The molecule has 2 heteroatoms. The molecule has 0 bridgehead atoms. The summed E-state index contributed by atoms with van der Waals surface area (Å²) in [7, 11) is 1.64. The highest BCUT2D eigenvalue weighted by Crippen LogP contribution is 2.47. The van der Waals surface area contributed by atoms with Gasteiger partial charge >= 0.3 is 0 Å². The van der Waals surface area contributed by atoms with Crippen LogP contribution >= 0.6 is 0 Å². The van der Waals surface area contributed by atoms with Crippen LogP contribution < -0.4 is 0 Å². The van der Waals surface area contributed by atoms with Gasteiger partial charge in [-0.05, 0) is 23.6 Å². The Kier molecular flexibility index (Phi) is 4.52. The van der Waals surface area contributed by atoms with Gasteiger partial charge in [0.05, 0.1) is 0 Å². The van der Waals surface area contributed by atoms with Gasteiger partial charge in [0.2, 0.25) is 0 Å². The fraction of sp³-hybridized carbons (Fsp3) is 0.182. The van der Waals surface area contributed by atoms with E-state index in [0.29, 0.717) is 0 Å². The third-order valence-electron chi connectivity index (χ3n) is 4.81. The molecule has 0 aromatic heterocycles. The molecule has 0 heterocycles. The van der Waals surface area contributed by atoms with Crippen molar-refractivity contribution in [1.82, 2.24) is 0 Å². The first-order chi connectivity index (χ1) is 11.6. The standard InChI is InChI=1S/C22H22O2/c1-21(24-2,18-12-6-3-7-13-18)22(23,19-14-8-4-9-15-19)20-16-10-5-11-17-20/h3-17,23H,1-2H3/t21-/m0/s1. The van der Waals surface area contributed by atoms with Crippen LogP contribution in [0.3, 0.4) is 0 Å². The van der Waals surface area contributed by atoms with Crippen LogP contribution in [0.25, 0.3) is 0 Å². The molecule has 0 amide bonds. The van der Waals surface area contributed by atoms with E-state index in [9.17, 15) is 5.11 Å². The zero-order valence-corrected chi connectivity index (χ0v) is 14.0. The third kappa shape index (κ3) is 2.54. The molecule has 122 valence electrons. The smallest absolute Gasteiger partial charge is 0.147 e. The van der Waals surface area contributed by atoms with Crippen molar-refractivity contribution in [3.8, 4) is 0 Å². The van der Waals surface area contributed by atoms with E-state index < -0.39 is 11.2 Å². The van der Waals surface area contributed by atoms with Gasteiger partial charge < -0.3 is 9.84 Å². The molecule has 0 radical (unpaired) electrons. The van der Waals surface area contributed by atoms with Crippen molar-refractivity contribution in [2.45, 2.75) is 18.1 Å². The van der Waals surface area contributed by atoms with Crippen molar-refractivity contribution in [3.05, 3.63) is 108 Å². The second kappa shape index (κ2) is 6.60. The first kappa shape index (κ1) is 16.4. The Morgan fingerprint density at radius 2 is 0.958 bits per heavy atom. The van der Waals surface area contributed by atoms with Gasteiger partial charge in [-0.25, -0.2) is 0 Å². The summed E-state index contributed by atoms with van der Waals surface area (Å²) in [6, 6.07) is 29.2. The number of methoxy groups -OCH3 is 1. The molecular formula is C22H22O2. The maximum absolute atomic E-state index is 12.0. The van der Waals surface area contributed by atoms with Crippen molar-refractivity contribution in [2.75, 3.05) is 7.11 Å². The number of aliphatic hydroxyl groups is 1. The largest absolute Gasteiger partial charge is 0.377 e. The van der Waals surface area contributed by atoms with Crippen LogP contribution in [0.15, 0.2) is 91.0 Å². The highest BCUT2D eigenvalue weighted by molar-refractivity contribution is 5.43. The summed E-state index contributed by atoms with van der Waals surface area (Å²) in [5.41, 5.74) is 0.235. The molecule has 1 atom stereocenters. The lowest BCUT2D eigenvalue weighted by Crippen LogP contribution is -2.49. The summed E-state index contributed by atoms with van der Waals surface area (Å²) in [6.07, 6.45) is 0. The van der Waals surface area contributed by atoms with E-state index in [1.54, 1.807) is 7.11 Å². The van der Waals surface area contributed by atoms with E-state index in [2.05, 4.69) is 0 Å². The average molecular weight is 318 g/mol. The second-order valence-electron chi connectivity index (χ2n) is 6.05. The van der Waals surface area contributed by atoms with Crippen LogP contribution in [0, 0.1) is 0 Å². The maximum atomic E-state index is 12.0. The molecule has 0 fully saturated rings. The Labute approximate surface area is 143 Å². The van der Waals surface area contributed by atoms with Gasteiger partial charge in [0.25, 0.3) is 0 Å². The zero-order chi connectivity index (χ0) is 17.0. The molecule has 0 saturated carbocycles. The summed E-state index contributed by atoms with van der Waals surface area (Å²) in [4.78, 5) is 0. The molecule has 1 N–H and O–H groups in total. The molecule has 0 aliphatic rings. The second-order valence-corrected chi connectivity index (χ2v) is 6.05. The molecule has 2 nitrogen and oxygen atoms in total. The van der Waals surface area contributed by atoms with Crippen molar-refractivity contribution < 1.29 is 9.84 Å². The van der Waals surface area contributed by atoms with Gasteiger partial charge in [-0.2, -0.15) is 0 Å². The topological polar surface area (TPSA) is 29.5 Å². The lowest BCUT2D eigenvalue weighted by Gasteiger charge is -2.45. The Hall–Kier alpha value is -2.42. The van der Waals surface area contributed by atoms with Gasteiger partial charge in [0.1, 0.15) is 11.2 Å². The normalized spacial score (nSPS) is 14.1. The average Bonchev–Trinajstić information content (AvgIpc) is 2.68. The first-order valence-electron chi connectivity index (χ1n) is 8.07. The predicted octanol–water partition coefficient (Wildman–Crippen LogP) is 4.48. The maximum Gasteiger partial charge on any atom is 0.147 e. The van der Waals surface area contributed by atoms with Crippen LogP contribution in [0.1, 0.15) is 23.6 Å². The molecule has 3 aromatic carbocycles. The van der Waals surface area contributed by atoms with Gasteiger partial charge in [0.15, 0.2) is 0 Å². The fourth-order valence-electron chi connectivity index (χ4n) is 3.31. The number of ether oxygens (including phenoxy) is 1. The van der Waals surface area contributed by atoms with Crippen LogP contribution in [0.2, 0.25) is 0 Å². The van der Waals surface area contributed by atoms with E-state index in [1.165, 1.54) is 0 Å². The molecule has 0 spiro atoms. The van der Waals surface area contributed by atoms with Gasteiger partial charge in [-0.1, -0.05) is 91.0 Å². The molecule has 0 saturated heterocycles. The minimum atomic E-state index is -1.33. The minimum absolute atomic E-state index is 0.796. The van der Waals surface area contributed by atoms with E-state index in [4.69, 9.17) is 4.74 Å². The lowest BCUT2D eigenvalue weighted by atomic mass is 9.70. The molecule has 0 unspecified atom stereocenters. The summed E-state index contributed by atoms with van der Waals surface area (Å²) >= 11 is 0. The molecule has 0 aliphatic carbocycles. The van der Waals surface area contributed by atoms with E-state index >= 15 is 0 Å². The van der Waals surface area contributed by atoms with Crippen molar-refractivity contribution in [3.63, 3.8) is 0 Å². The minimum Gasteiger partial charge on any atom is -0.377 e. The predicted molar refractivity (Wildman–Crippen MR) is 96.7 cm³/mol. The van der Waals surface area contributed by atoms with Gasteiger partial charge in [0, 0.05) is 7.11 Å². The number of rotatable bonds is 5. The molecule has 3 rings (SSSR count). The van der Waals surface area contributed by atoms with Crippen LogP contribution in [0.4, 0.5) is 0 Å². The first-order valence-corrected chi connectivity index (χ1v) is 8.07. The van der Waals surface area contributed by atoms with Gasteiger partial charge in [-0.3, -0.25) is 0 Å². The Morgan fingerprint density at radius 3 is 1.29 bits per heavy atom. The summed E-state index contributed by atoms with van der Waals surface area (Å²) in [5, 5.41) is 12.0. The number of benzene rings is 3. The SMILES string of the molecule is CO[C@@](C)(c1ccccc1)C(O)(c1ccccc1)c1ccccc1. The van der Waals surface area contributed by atoms with Gasteiger partial charge in [-0.15, -0.1) is 0 Å². The van der Waals surface area contributed by atoms with E-state index in [1.807, 2.05) is 97.9 Å². The van der Waals surface area contributed by atoms with Crippen molar-refractivity contribution in [2.24, 2.45) is 0 Å². The van der Waals surface area contributed by atoms with E-state index in [0.717, 1.165) is 16.7 Å². The Morgan fingerprint density at radius 1 is 0.625 bits per heavy atom. The molecular weight excluding hydrogens is 296 g/mol. The molecule has 24 heavy (non-hydrogen) atoms. The molecule has 0 aliphatic heterocycles. The molecule has 3 aromatic rings. The lowest BCUT2D eigenvalue weighted by molar-refractivity contribution is -0.150. The van der Waals surface area contributed by atoms with Crippen molar-refractivity contribution >= 4 is 0 Å². The quantitative estimate of drug-likeness (QED) is 0.751. The van der Waals surface area contributed by atoms with Crippen LogP contribution in [-0.4, -0.2) is 12.2 Å². The van der Waals surface area contributed by atoms with Crippen LogP contribution in [0.5, 0.6) is 0 Å². The summed E-state index contributed by atoms with van der Waals surface area (Å²) < 4.78 is 5.95. The highest BCUT2D eigenvalue weighted by atomic mass is 16.5. The summed E-state index contributed by atoms with van der Waals surface area (Å²) in [6.45, 7) is 1.93. The number of hydrogen-bond donors (Lipinski definition) is 1. The fourth-order valence-corrected chi connectivity index (χ4v) is 3.31. The number of hydrogen-bond acceptors (Lipinski definition) is 2. The Balaban J connectivity index is 2.29. The van der Waals surface area contributed by atoms with E-state index in [-0.39, 0.29) is 0 Å². The highest BCUT2D eigenvalue weighted by Gasteiger charge is 2.51. The Bertz CT molecular complexity index is 729.